The number of likely N-dealkylation sites (tertiary alicyclic amines) is 1. The summed E-state index contributed by atoms with van der Waals surface area (Å²) in [6, 6.07) is 11.3. The topological polar surface area (TPSA) is 79.2 Å². The van der Waals surface area contributed by atoms with Gasteiger partial charge in [-0.2, -0.15) is 0 Å². The number of phenolic OH excluding ortho intramolecular Hbond substituents is 1. The van der Waals surface area contributed by atoms with Crippen LogP contribution in [-0.4, -0.2) is 83.6 Å². The lowest BCUT2D eigenvalue weighted by molar-refractivity contribution is -0.950. The Hall–Kier alpha value is -3.03. The van der Waals surface area contributed by atoms with Gasteiger partial charge in [0, 0.05) is 37.4 Å². The minimum Gasteiger partial charge on any atom is -0.504 e. The average Bonchev–Trinajstić information content (AvgIpc) is 3.66. The number of benzene rings is 2. The molecule has 3 fully saturated rings. The number of quaternary nitrogens is 1. The van der Waals surface area contributed by atoms with E-state index in [-0.39, 0.29) is 23.7 Å². The number of phenols is 1. The molecule has 0 radical (unpaired) electrons. The van der Waals surface area contributed by atoms with Gasteiger partial charge in [-0.25, -0.2) is 0 Å². The Morgan fingerprint density at radius 3 is 2.82 bits per heavy atom. The number of carbonyl (C=O) groups is 1. The molecule has 7 heteroatoms. The van der Waals surface area contributed by atoms with Crippen molar-refractivity contribution in [2.24, 2.45) is 5.92 Å². The summed E-state index contributed by atoms with van der Waals surface area (Å²) in [5.74, 6) is 2.05. The van der Waals surface area contributed by atoms with Crippen molar-refractivity contribution >= 4 is 12.0 Å². The lowest BCUT2D eigenvalue weighted by Crippen LogP contribution is -2.82. The van der Waals surface area contributed by atoms with Gasteiger partial charge >= 0.3 is 0 Å². The Balaban J connectivity index is 1.25. The molecular weight excluding hydrogens is 492 g/mol. The zero-order chi connectivity index (χ0) is 27.2. The number of likely N-dealkylation sites (N-methyl/N-ethyl adjacent to an activating group) is 2. The highest BCUT2D eigenvalue weighted by Crippen LogP contribution is 2.66. The standard InChI is InChI=1S/C32H38N2O5/c1-33(27(36)12-9-20-5-4-6-23(17-20)38-3)24-13-14-32(37)26-18-22-10-11-25(35)29-28(22)31(32,30(24)39-29)15-16-34(26,2)19-21-7-8-21/h4-6,9-12,17,21,24,26,30,37H,7-8,13-16,18-19H2,1-3H3/p+1/b12-9+. The van der Waals surface area contributed by atoms with Crippen LogP contribution < -0.4 is 9.47 Å². The van der Waals surface area contributed by atoms with Gasteiger partial charge in [-0.1, -0.05) is 18.2 Å². The normalized spacial score (nSPS) is 35.8. The molecule has 0 aromatic heterocycles. The van der Waals surface area contributed by atoms with Crippen molar-refractivity contribution < 1.29 is 29.0 Å². The maximum absolute atomic E-state index is 13.5. The lowest BCUT2D eigenvalue weighted by Gasteiger charge is -2.66. The first-order chi connectivity index (χ1) is 18.7. The summed E-state index contributed by atoms with van der Waals surface area (Å²) in [5, 5.41) is 23.7. The van der Waals surface area contributed by atoms with E-state index in [4.69, 9.17) is 9.47 Å². The number of hydrogen-bond donors (Lipinski definition) is 2. The summed E-state index contributed by atoms with van der Waals surface area (Å²) in [6.45, 7) is 2.09. The van der Waals surface area contributed by atoms with E-state index in [9.17, 15) is 15.0 Å². The monoisotopic (exact) mass is 531 g/mol. The van der Waals surface area contributed by atoms with E-state index in [0.29, 0.717) is 18.6 Å². The number of hydrogen-bond acceptors (Lipinski definition) is 5. The molecule has 3 aliphatic carbocycles. The third kappa shape index (κ3) is 3.45. The molecule has 1 amide bonds. The van der Waals surface area contributed by atoms with Gasteiger partial charge < -0.3 is 29.1 Å². The van der Waals surface area contributed by atoms with Crippen LogP contribution in [0.2, 0.25) is 0 Å². The number of aromatic hydroxyl groups is 1. The minimum absolute atomic E-state index is 0.0795. The fourth-order valence-corrected chi connectivity index (χ4v) is 8.72. The van der Waals surface area contributed by atoms with Crippen molar-refractivity contribution in [2.75, 3.05) is 34.3 Å². The van der Waals surface area contributed by atoms with Crippen LogP contribution in [0.3, 0.4) is 0 Å². The summed E-state index contributed by atoms with van der Waals surface area (Å²) in [7, 11) is 5.81. The smallest absolute Gasteiger partial charge is 0.246 e. The third-order valence-electron chi connectivity index (χ3n) is 10.8. The van der Waals surface area contributed by atoms with Crippen LogP contribution in [-0.2, 0) is 16.6 Å². The molecule has 6 unspecified atom stereocenters. The first-order valence-corrected chi connectivity index (χ1v) is 14.4. The van der Waals surface area contributed by atoms with E-state index in [1.807, 2.05) is 43.5 Å². The van der Waals surface area contributed by atoms with Gasteiger partial charge in [0.1, 0.15) is 23.5 Å². The van der Waals surface area contributed by atoms with Crippen molar-refractivity contribution in [3.8, 4) is 17.2 Å². The number of nitrogens with zero attached hydrogens (tertiary/aromatic N) is 2. The molecule has 2 heterocycles. The molecule has 6 atom stereocenters. The first kappa shape index (κ1) is 25.0. The lowest BCUT2D eigenvalue weighted by atomic mass is 9.47. The SMILES string of the molecule is COc1cccc(/C=C/C(=O)N(C)C2CCC3(O)C4Cc5ccc(O)c6c5C3(CC[N+]4(C)CC3CC3)C2O6)c1. The van der Waals surface area contributed by atoms with Crippen molar-refractivity contribution in [1.29, 1.82) is 0 Å². The van der Waals surface area contributed by atoms with Gasteiger partial charge in [0.25, 0.3) is 0 Å². The van der Waals surface area contributed by atoms with E-state index in [0.717, 1.165) is 53.2 Å². The fourth-order valence-electron chi connectivity index (χ4n) is 8.72. The second-order valence-electron chi connectivity index (χ2n) is 12.8. The predicted octanol–water partition coefficient (Wildman–Crippen LogP) is 3.65. The maximum Gasteiger partial charge on any atom is 0.246 e. The van der Waals surface area contributed by atoms with Crippen LogP contribution in [0.4, 0.5) is 0 Å². The van der Waals surface area contributed by atoms with E-state index in [1.54, 1.807) is 24.2 Å². The van der Waals surface area contributed by atoms with E-state index < -0.39 is 17.1 Å². The number of amides is 1. The van der Waals surface area contributed by atoms with E-state index in [1.165, 1.54) is 18.4 Å². The average molecular weight is 532 g/mol. The zero-order valence-corrected chi connectivity index (χ0v) is 23.1. The molecule has 7 rings (SSSR count). The molecule has 1 spiro atoms. The summed E-state index contributed by atoms with van der Waals surface area (Å²) < 4.78 is 12.9. The summed E-state index contributed by atoms with van der Waals surface area (Å²) >= 11 is 0. The molecule has 1 saturated heterocycles. The second-order valence-corrected chi connectivity index (χ2v) is 12.8. The van der Waals surface area contributed by atoms with Gasteiger partial charge in [-0.3, -0.25) is 4.79 Å². The van der Waals surface area contributed by atoms with E-state index in [2.05, 4.69) is 7.05 Å². The zero-order valence-electron chi connectivity index (χ0n) is 23.1. The molecule has 2 aromatic rings. The highest BCUT2D eigenvalue weighted by atomic mass is 16.5. The number of piperidine rings is 1. The molecule has 7 nitrogen and oxygen atoms in total. The van der Waals surface area contributed by atoms with Crippen LogP contribution in [0.1, 0.15) is 48.8 Å². The number of methoxy groups -OCH3 is 1. The third-order valence-corrected chi connectivity index (χ3v) is 10.8. The highest BCUT2D eigenvalue weighted by Gasteiger charge is 2.76. The number of rotatable bonds is 6. The molecular formula is C32H39N2O5+. The minimum atomic E-state index is -0.942. The Kier molecular flexibility index (Phi) is 5.43. The number of carbonyl (C=O) groups excluding carboxylic acids is 1. The molecule has 2 N–H and O–H groups in total. The molecule has 2 aromatic carbocycles. The summed E-state index contributed by atoms with van der Waals surface area (Å²) in [4.78, 5) is 15.3. The molecule has 2 bridgehead atoms. The van der Waals surface area contributed by atoms with Crippen LogP contribution in [0.15, 0.2) is 42.5 Å². The highest BCUT2D eigenvalue weighted by molar-refractivity contribution is 5.92. The van der Waals surface area contributed by atoms with Crippen LogP contribution in [0.25, 0.3) is 6.08 Å². The Labute approximate surface area is 230 Å². The molecule has 39 heavy (non-hydrogen) atoms. The van der Waals surface area contributed by atoms with Gasteiger partial charge in [0.05, 0.1) is 38.7 Å². The first-order valence-electron chi connectivity index (χ1n) is 14.4. The van der Waals surface area contributed by atoms with Gasteiger partial charge in [-0.15, -0.1) is 0 Å². The second kappa shape index (κ2) is 8.48. The van der Waals surface area contributed by atoms with Gasteiger partial charge in [0.15, 0.2) is 11.5 Å². The Morgan fingerprint density at radius 2 is 2.05 bits per heavy atom. The summed E-state index contributed by atoms with van der Waals surface area (Å²) in [6.07, 6.45) is 8.45. The predicted molar refractivity (Wildman–Crippen MR) is 148 cm³/mol. The summed E-state index contributed by atoms with van der Waals surface area (Å²) in [5.41, 5.74) is 1.51. The van der Waals surface area contributed by atoms with Gasteiger partial charge in [-0.05, 0) is 61.1 Å². The fraction of sp³-hybridized carbons (Fsp3) is 0.531. The van der Waals surface area contributed by atoms with Gasteiger partial charge in [0.2, 0.25) is 5.91 Å². The van der Waals surface area contributed by atoms with Crippen LogP contribution >= 0.6 is 0 Å². The Morgan fingerprint density at radius 1 is 1.23 bits per heavy atom. The maximum atomic E-state index is 13.5. The molecule has 5 aliphatic rings. The Bertz CT molecular complexity index is 1370. The van der Waals surface area contributed by atoms with Crippen molar-refractivity contribution in [2.45, 2.75) is 67.7 Å². The number of aliphatic hydroxyl groups is 1. The van der Waals surface area contributed by atoms with Crippen LogP contribution in [0, 0.1) is 5.92 Å². The quantitative estimate of drug-likeness (QED) is 0.440. The molecule has 2 aliphatic heterocycles. The molecule has 2 saturated carbocycles. The largest absolute Gasteiger partial charge is 0.504 e. The number of ether oxygens (including phenoxy) is 2. The van der Waals surface area contributed by atoms with E-state index >= 15 is 0 Å². The van der Waals surface area contributed by atoms with Crippen molar-refractivity contribution in [3.63, 3.8) is 0 Å². The van der Waals surface area contributed by atoms with Crippen LogP contribution in [0.5, 0.6) is 17.2 Å². The molecule has 206 valence electrons. The van der Waals surface area contributed by atoms with Crippen molar-refractivity contribution in [3.05, 3.63) is 59.2 Å². The van der Waals surface area contributed by atoms with Crippen molar-refractivity contribution in [1.82, 2.24) is 4.90 Å².